The quantitative estimate of drug-likeness (QED) is 0.678. The average Bonchev–Trinajstić information content (AvgIpc) is 3.38. The number of carboxylic acids is 1. The lowest BCUT2D eigenvalue weighted by molar-refractivity contribution is -0.192. The second kappa shape index (κ2) is 10.2. The van der Waals surface area contributed by atoms with Crippen LogP contribution >= 0.6 is 0 Å². The van der Waals surface area contributed by atoms with Gasteiger partial charge >= 0.3 is 12.1 Å². The minimum absolute atomic E-state index is 0.126. The number of alkyl halides is 3. The second-order valence-corrected chi connectivity index (χ2v) is 10.9. The van der Waals surface area contributed by atoms with Crippen LogP contribution in [0.3, 0.4) is 0 Å². The van der Waals surface area contributed by atoms with Gasteiger partial charge in [0.1, 0.15) is 0 Å². The van der Waals surface area contributed by atoms with Crippen molar-refractivity contribution < 1.29 is 36.3 Å². The lowest BCUT2D eigenvalue weighted by Crippen LogP contribution is -2.49. The number of amides is 1. The molecule has 1 aromatic carbocycles. The highest BCUT2D eigenvalue weighted by atomic mass is 32.2. The zero-order chi connectivity index (χ0) is 25.1. The molecule has 8 nitrogen and oxygen atoms in total. The zero-order valence-corrected chi connectivity index (χ0v) is 19.8. The molecule has 0 unspecified atom stereocenters. The number of rotatable bonds is 3. The number of carboxylic acid groups (broad SMARTS) is 1. The van der Waals surface area contributed by atoms with Crippen LogP contribution < -0.4 is 0 Å². The number of sulfonamides is 1. The van der Waals surface area contributed by atoms with Gasteiger partial charge < -0.3 is 14.9 Å². The van der Waals surface area contributed by atoms with Gasteiger partial charge in [-0.25, -0.2) is 13.2 Å². The molecule has 0 aliphatic carbocycles. The van der Waals surface area contributed by atoms with E-state index in [2.05, 4.69) is 11.9 Å². The number of hydrogen-bond acceptors (Lipinski definition) is 5. The number of fused-ring (bicyclic) bond motifs is 1. The SMILES string of the molecule is CN1CC[C@@]2(C(=O)N3CCCC3)CCN(S(=O)(=O)c3ccccc3)CC[C@@H]12.O=C(O)C(F)(F)F. The molecule has 1 N–H and O–H groups in total. The van der Waals surface area contributed by atoms with Gasteiger partial charge in [0.15, 0.2) is 0 Å². The van der Waals surface area contributed by atoms with Crippen LogP contribution in [0.2, 0.25) is 0 Å². The van der Waals surface area contributed by atoms with Crippen LogP contribution in [-0.4, -0.2) is 91.5 Å². The lowest BCUT2D eigenvalue weighted by atomic mass is 9.75. The van der Waals surface area contributed by atoms with Crippen molar-refractivity contribution in [1.29, 1.82) is 0 Å². The van der Waals surface area contributed by atoms with E-state index >= 15 is 0 Å². The van der Waals surface area contributed by atoms with E-state index in [-0.39, 0.29) is 11.9 Å². The fourth-order valence-electron chi connectivity index (χ4n) is 5.18. The highest BCUT2D eigenvalue weighted by molar-refractivity contribution is 7.89. The Hall–Kier alpha value is -2.18. The molecule has 0 saturated carbocycles. The largest absolute Gasteiger partial charge is 0.490 e. The molecule has 34 heavy (non-hydrogen) atoms. The van der Waals surface area contributed by atoms with Crippen LogP contribution in [0.4, 0.5) is 13.2 Å². The third-order valence-electron chi connectivity index (χ3n) is 6.98. The number of benzene rings is 1. The molecular formula is C22H30F3N3O5S. The number of likely N-dealkylation sites (tertiary alicyclic amines) is 2. The summed E-state index contributed by atoms with van der Waals surface area (Å²) in [5, 5.41) is 7.12. The summed E-state index contributed by atoms with van der Waals surface area (Å²) in [5.41, 5.74) is -0.431. The predicted molar refractivity (Wildman–Crippen MR) is 117 cm³/mol. The fourth-order valence-corrected chi connectivity index (χ4v) is 6.66. The van der Waals surface area contributed by atoms with Gasteiger partial charge in [0.25, 0.3) is 0 Å². The molecule has 3 aliphatic heterocycles. The Morgan fingerprint density at radius 3 is 2.12 bits per heavy atom. The summed E-state index contributed by atoms with van der Waals surface area (Å²) in [7, 11) is -1.44. The molecule has 0 bridgehead atoms. The maximum absolute atomic E-state index is 13.5. The smallest absolute Gasteiger partial charge is 0.475 e. The second-order valence-electron chi connectivity index (χ2n) is 8.96. The highest BCUT2D eigenvalue weighted by Gasteiger charge is 2.54. The van der Waals surface area contributed by atoms with Crippen molar-refractivity contribution in [3.8, 4) is 0 Å². The van der Waals surface area contributed by atoms with E-state index in [0.717, 1.165) is 38.9 Å². The van der Waals surface area contributed by atoms with Crippen LogP contribution in [-0.2, 0) is 19.6 Å². The summed E-state index contributed by atoms with van der Waals surface area (Å²) < 4.78 is 59.5. The van der Waals surface area contributed by atoms with Gasteiger partial charge in [-0.15, -0.1) is 0 Å². The van der Waals surface area contributed by atoms with Crippen molar-refractivity contribution in [1.82, 2.24) is 14.1 Å². The Morgan fingerprint density at radius 2 is 1.56 bits per heavy atom. The molecule has 12 heteroatoms. The fraction of sp³-hybridized carbons (Fsp3) is 0.636. The molecule has 2 atom stereocenters. The molecule has 0 radical (unpaired) electrons. The first-order valence-corrected chi connectivity index (χ1v) is 12.7. The summed E-state index contributed by atoms with van der Waals surface area (Å²) in [4.78, 5) is 27.0. The van der Waals surface area contributed by atoms with Crippen molar-refractivity contribution >= 4 is 21.9 Å². The number of aliphatic carboxylic acids is 1. The maximum atomic E-state index is 13.5. The molecule has 3 heterocycles. The Kier molecular flexibility index (Phi) is 7.93. The van der Waals surface area contributed by atoms with Crippen molar-refractivity contribution in [3.63, 3.8) is 0 Å². The first kappa shape index (κ1) is 26.4. The minimum atomic E-state index is -5.08. The summed E-state index contributed by atoms with van der Waals surface area (Å²) >= 11 is 0. The third kappa shape index (κ3) is 5.38. The summed E-state index contributed by atoms with van der Waals surface area (Å²) in [5.74, 6) is -2.50. The van der Waals surface area contributed by atoms with Gasteiger partial charge in [0.2, 0.25) is 15.9 Å². The van der Waals surface area contributed by atoms with E-state index in [9.17, 15) is 26.4 Å². The van der Waals surface area contributed by atoms with Crippen molar-refractivity contribution in [3.05, 3.63) is 30.3 Å². The number of hydrogen-bond donors (Lipinski definition) is 1. The Labute approximate surface area is 197 Å². The molecule has 1 amide bonds. The van der Waals surface area contributed by atoms with Gasteiger partial charge in [-0.05, 0) is 57.8 Å². The Balaban J connectivity index is 0.000000406. The molecular weight excluding hydrogens is 475 g/mol. The Bertz CT molecular complexity index is 983. The van der Waals surface area contributed by atoms with Crippen molar-refractivity contribution in [2.75, 3.05) is 39.8 Å². The number of carbonyl (C=O) groups is 2. The Morgan fingerprint density at radius 1 is 1.00 bits per heavy atom. The molecule has 3 saturated heterocycles. The summed E-state index contributed by atoms with van der Waals surface area (Å²) in [6.07, 6.45) is -0.762. The monoisotopic (exact) mass is 505 g/mol. The number of nitrogens with zero attached hydrogens (tertiary/aromatic N) is 3. The lowest BCUT2D eigenvalue weighted by Gasteiger charge is -2.37. The zero-order valence-electron chi connectivity index (χ0n) is 19.0. The topological polar surface area (TPSA) is 98.2 Å². The molecule has 3 fully saturated rings. The van der Waals surface area contributed by atoms with Crippen molar-refractivity contribution in [2.45, 2.75) is 49.2 Å². The predicted octanol–water partition coefficient (Wildman–Crippen LogP) is 2.42. The van der Waals surface area contributed by atoms with E-state index in [1.807, 2.05) is 11.0 Å². The van der Waals surface area contributed by atoms with Gasteiger partial charge in [-0.1, -0.05) is 18.2 Å². The van der Waals surface area contributed by atoms with Crippen LogP contribution in [0.25, 0.3) is 0 Å². The molecule has 4 rings (SSSR count). The van der Waals surface area contributed by atoms with E-state index in [0.29, 0.717) is 30.8 Å². The standard InChI is InChI=1S/C20H29N3O3S.C2HF3O2/c1-21-15-10-20(19(24)22-12-5-6-13-22)11-16-23(14-9-18(20)21)27(25,26)17-7-3-2-4-8-17;3-2(4,5)1(6)7/h2-4,7-8,18H,5-6,9-16H2,1H3;(H,6,7)/t18-,20-;/m1./s1. The van der Waals surface area contributed by atoms with E-state index in [1.54, 1.807) is 28.6 Å². The summed E-state index contributed by atoms with van der Waals surface area (Å²) in [6, 6.07) is 8.76. The first-order chi connectivity index (χ1) is 15.9. The van der Waals surface area contributed by atoms with Crippen molar-refractivity contribution in [2.24, 2.45) is 5.41 Å². The van der Waals surface area contributed by atoms with E-state index in [1.165, 1.54) is 0 Å². The first-order valence-electron chi connectivity index (χ1n) is 11.2. The molecule has 3 aliphatic rings. The van der Waals surface area contributed by atoms with Crippen LogP contribution in [0.15, 0.2) is 35.2 Å². The third-order valence-corrected chi connectivity index (χ3v) is 8.90. The van der Waals surface area contributed by atoms with E-state index in [4.69, 9.17) is 9.90 Å². The van der Waals surface area contributed by atoms with Crippen LogP contribution in [0, 0.1) is 5.41 Å². The highest BCUT2D eigenvalue weighted by Crippen LogP contribution is 2.45. The molecule has 1 aromatic rings. The normalized spacial score (nSPS) is 26.4. The van der Waals surface area contributed by atoms with Gasteiger partial charge in [-0.3, -0.25) is 4.79 Å². The van der Waals surface area contributed by atoms with Gasteiger partial charge in [0, 0.05) is 32.2 Å². The van der Waals surface area contributed by atoms with Crippen LogP contribution in [0.5, 0.6) is 0 Å². The number of carbonyl (C=O) groups excluding carboxylic acids is 1. The van der Waals surface area contributed by atoms with Crippen LogP contribution in [0.1, 0.15) is 32.1 Å². The molecule has 190 valence electrons. The summed E-state index contributed by atoms with van der Waals surface area (Å²) in [6.45, 7) is 3.50. The minimum Gasteiger partial charge on any atom is -0.475 e. The number of halogens is 3. The van der Waals surface area contributed by atoms with Gasteiger partial charge in [-0.2, -0.15) is 17.5 Å². The van der Waals surface area contributed by atoms with Gasteiger partial charge in [0.05, 0.1) is 10.3 Å². The molecule has 0 aromatic heterocycles. The molecule has 0 spiro atoms. The average molecular weight is 506 g/mol. The van der Waals surface area contributed by atoms with E-state index < -0.39 is 27.6 Å². The maximum Gasteiger partial charge on any atom is 0.490 e.